The van der Waals surface area contributed by atoms with Crippen LogP contribution in [-0.4, -0.2) is 21.6 Å². The molecule has 0 unspecified atom stereocenters. The van der Waals surface area contributed by atoms with Gasteiger partial charge in [0, 0.05) is 10.7 Å². The van der Waals surface area contributed by atoms with Gasteiger partial charge in [-0.05, 0) is 42.1 Å². The van der Waals surface area contributed by atoms with E-state index in [9.17, 15) is 4.79 Å². The van der Waals surface area contributed by atoms with Crippen LogP contribution in [0.25, 0.3) is 10.2 Å². The Hall–Kier alpha value is -1.63. The summed E-state index contributed by atoms with van der Waals surface area (Å²) >= 11 is 8.90. The molecule has 0 aliphatic carbocycles. The Morgan fingerprint density at radius 2 is 2.23 bits per heavy atom. The molecular formula is C15H12ClN3OS2. The van der Waals surface area contributed by atoms with Crippen LogP contribution < -0.4 is 5.32 Å². The van der Waals surface area contributed by atoms with Gasteiger partial charge < -0.3 is 5.32 Å². The van der Waals surface area contributed by atoms with Crippen LogP contribution >= 0.6 is 34.7 Å². The molecule has 0 fully saturated rings. The number of thiophene rings is 1. The number of benzene rings is 1. The maximum atomic E-state index is 12.1. The van der Waals surface area contributed by atoms with E-state index < -0.39 is 0 Å². The Balaban J connectivity index is 1.66. The number of halogens is 1. The van der Waals surface area contributed by atoms with Gasteiger partial charge in [-0.25, -0.2) is 9.97 Å². The van der Waals surface area contributed by atoms with E-state index in [0.717, 1.165) is 26.5 Å². The molecule has 1 N–H and O–H groups in total. The van der Waals surface area contributed by atoms with Crippen molar-refractivity contribution in [3.63, 3.8) is 0 Å². The van der Waals surface area contributed by atoms with Gasteiger partial charge in [-0.1, -0.05) is 23.4 Å². The average Bonchev–Trinajstić information content (AvgIpc) is 2.97. The second-order valence-electron chi connectivity index (χ2n) is 4.61. The molecule has 2 heterocycles. The highest BCUT2D eigenvalue weighted by Crippen LogP contribution is 2.28. The van der Waals surface area contributed by atoms with Crippen molar-refractivity contribution in [2.24, 2.45) is 0 Å². The second-order valence-corrected chi connectivity index (χ2v) is 6.93. The zero-order chi connectivity index (χ0) is 15.5. The van der Waals surface area contributed by atoms with Crippen molar-refractivity contribution in [3.8, 4) is 0 Å². The molecule has 0 radical (unpaired) electrons. The van der Waals surface area contributed by atoms with Crippen molar-refractivity contribution in [1.82, 2.24) is 9.97 Å². The molecule has 0 bridgehead atoms. The Bertz CT molecular complexity index is 835. The van der Waals surface area contributed by atoms with Crippen molar-refractivity contribution in [2.45, 2.75) is 11.9 Å². The number of thioether (sulfide) groups is 1. The molecule has 4 nitrogen and oxygen atoms in total. The fraction of sp³-hybridized carbons (Fsp3) is 0.133. The standard InChI is InChI=1S/C15H12ClN3OS2/c1-9-6-10(16)2-3-11(9)19-13(20)7-22-15-14-12(4-5-21-14)17-8-18-15/h2-6,8H,7H2,1H3,(H,19,20). The first kappa shape index (κ1) is 15.3. The summed E-state index contributed by atoms with van der Waals surface area (Å²) < 4.78 is 1.02. The molecule has 1 amide bonds. The Morgan fingerprint density at radius 1 is 1.36 bits per heavy atom. The molecule has 3 aromatic rings. The molecule has 1 aromatic carbocycles. The third kappa shape index (κ3) is 3.40. The molecular weight excluding hydrogens is 338 g/mol. The third-order valence-corrected chi connectivity index (χ3v) is 5.28. The Morgan fingerprint density at radius 3 is 3.05 bits per heavy atom. The quantitative estimate of drug-likeness (QED) is 0.561. The van der Waals surface area contributed by atoms with E-state index >= 15 is 0 Å². The lowest BCUT2D eigenvalue weighted by atomic mass is 10.2. The topological polar surface area (TPSA) is 54.9 Å². The average molecular weight is 350 g/mol. The number of nitrogens with zero attached hydrogens (tertiary/aromatic N) is 2. The number of hydrogen-bond donors (Lipinski definition) is 1. The molecule has 0 saturated carbocycles. The zero-order valence-corrected chi connectivity index (χ0v) is 14.1. The van der Waals surface area contributed by atoms with Gasteiger partial charge in [0.2, 0.25) is 5.91 Å². The van der Waals surface area contributed by atoms with Crippen LogP contribution in [0.2, 0.25) is 5.02 Å². The largest absolute Gasteiger partial charge is 0.325 e. The highest BCUT2D eigenvalue weighted by Gasteiger charge is 2.10. The molecule has 7 heteroatoms. The number of nitrogens with one attached hydrogen (secondary N) is 1. The summed E-state index contributed by atoms with van der Waals surface area (Å²) in [4.78, 5) is 20.5. The number of carbonyl (C=O) groups excluding carboxylic acids is 1. The van der Waals surface area contributed by atoms with Crippen LogP contribution in [0.5, 0.6) is 0 Å². The van der Waals surface area contributed by atoms with Crippen LogP contribution in [0, 0.1) is 6.92 Å². The van der Waals surface area contributed by atoms with E-state index in [0.29, 0.717) is 10.8 Å². The van der Waals surface area contributed by atoms with E-state index in [-0.39, 0.29) is 5.91 Å². The number of amides is 1. The van der Waals surface area contributed by atoms with E-state index in [1.165, 1.54) is 18.1 Å². The number of carbonyl (C=O) groups is 1. The van der Waals surface area contributed by atoms with Crippen LogP contribution in [0.4, 0.5) is 5.69 Å². The smallest absolute Gasteiger partial charge is 0.234 e. The number of anilines is 1. The van der Waals surface area contributed by atoms with Crippen molar-refractivity contribution in [3.05, 3.63) is 46.6 Å². The minimum absolute atomic E-state index is 0.0706. The van der Waals surface area contributed by atoms with E-state index in [4.69, 9.17) is 11.6 Å². The van der Waals surface area contributed by atoms with Crippen molar-refractivity contribution < 1.29 is 4.79 Å². The summed E-state index contributed by atoms with van der Waals surface area (Å²) in [6.07, 6.45) is 1.53. The Kier molecular flexibility index (Phi) is 4.61. The molecule has 0 aliphatic rings. The van der Waals surface area contributed by atoms with E-state index in [1.54, 1.807) is 17.4 Å². The fourth-order valence-corrected chi connectivity index (χ4v) is 3.93. The first-order valence-corrected chi connectivity index (χ1v) is 8.75. The summed E-state index contributed by atoms with van der Waals surface area (Å²) in [7, 11) is 0. The van der Waals surface area contributed by atoms with Gasteiger partial charge in [-0.15, -0.1) is 11.3 Å². The molecule has 0 aliphatic heterocycles. The molecule has 112 valence electrons. The normalized spacial score (nSPS) is 10.8. The highest BCUT2D eigenvalue weighted by molar-refractivity contribution is 8.00. The molecule has 2 aromatic heterocycles. The van der Waals surface area contributed by atoms with Gasteiger partial charge in [0.05, 0.1) is 16.0 Å². The summed E-state index contributed by atoms with van der Waals surface area (Å²) in [5.41, 5.74) is 2.63. The monoisotopic (exact) mass is 349 g/mol. The first-order valence-electron chi connectivity index (χ1n) is 6.50. The molecule has 0 spiro atoms. The molecule has 22 heavy (non-hydrogen) atoms. The van der Waals surface area contributed by atoms with Crippen LogP contribution in [-0.2, 0) is 4.79 Å². The highest BCUT2D eigenvalue weighted by atomic mass is 35.5. The van der Waals surface area contributed by atoms with Gasteiger partial charge in [0.1, 0.15) is 11.4 Å². The van der Waals surface area contributed by atoms with Gasteiger partial charge in [-0.2, -0.15) is 0 Å². The lowest BCUT2D eigenvalue weighted by Gasteiger charge is -2.08. The fourth-order valence-electron chi connectivity index (χ4n) is 1.96. The summed E-state index contributed by atoms with van der Waals surface area (Å²) in [5, 5.41) is 6.36. The Labute approximate surface area is 140 Å². The molecule has 3 rings (SSSR count). The maximum Gasteiger partial charge on any atom is 0.234 e. The van der Waals surface area contributed by atoms with E-state index in [1.807, 2.05) is 30.5 Å². The lowest BCUT2D eigenvalue weighted by Crippen LogP contribution is -2.14. The van der Waals surface area contributed by atoms with Crippen molar-refractivity contribution in [2.75, 3.05) is 11.1 Å². The van der Waals surface area contributed by atoms with Crippen molar-refractivity contribution in [1.29, 1.82) is 0 Å². The van der Waals surface area contributed by atoms with E-state index in [2.05, 4.69) is 15.3 Å². The van der Waals surface area contributed by atoms with Crippen LogP contribution in [0.15, 0.2) is 41.0 Å². The number of aromatic nitrogens is 2. The summed E-state index contributed by atoms with van der Waals surface area (Å²) in [6.45, 7) is 1.91. The molecule has 0 saturated heterocycles. The SMILES string of the molecule is Cc1cc(Cl)ccc1NC(=O)CSc1ncnc2ccsc12. The predicted molar refractivity (Wildman–Crippen MR) is 93.0 cm³/mol. The van der Waals surface area contributed by atoms with Gasteiger partial charge >= 0.3 is 0 Å². The number of aryl methyl sites for hydroxylation is 1. The lowest BCUT2D eigenvalue weighted by molar-refractivity contribution is -0.113. The van der Waals surface area contributed by atoms with Gasteiger partial charge in [0.25, 0.3) is 0 Å². The summed E-state index contributed by atoms with van der Waals surface area (Å²) in [5.74, 6) is 0.227. The van der Waals surface area contributed by atoms with Crippen molar-refractivity contribution >= 4 is 56.5 Å². The first-order chi connectivity index (χ1) is 10.6. The third-order valence-electron chi connectivity index (χ3n) is 3.01. The number of hydrogen-bond acceptors (Lipinski definition) is 5. The minimum atomic E-state index is -0.0706. The van der Waals surface area contributed by atoms with Gasteiger partial charge in [-0.3, -0.25) is 4.79 Å². The van der Waals surface area contributed by atoms with Crippen LogP contribution in [0.3, 0.4) is 0 Å². The number of rotatable bonds is 4. The minimum Gasteiger partial charge on any atom is -0.325 e. The maximum absolute atomic E-state index is 12.1. The number of fused-ring (bicyclic) bond motifs is 1. The second kappa shape index (κ2) is 6.64. The summed E-state index contributed by atoms with van der Waals surface area (Å²) in [6, 6.07) is 7.34. The van der Waals surface area contributed by atoms with Crippen LogP contribution in [0.1, 0.15) is 5.56 Å². The zero-order valence-electron chi connectivity index (χ0n) is 11.7. The predicted octanol–water partition coefficient (Wildman–Crippen LogP) is 4.38. The molecule has 0 atom stereocenters. The van der Waals surface area contributed by atoms with Gasteiger partial charge in [0.15, 0.2) is 0 Å².